The lowest BCUT2D eigenvalue weighted by molar-refractivity contribution is -0.144. The van der Waals surface area contributed by atoms with E-state index >= 15 is 0 Å². The van der Waals surface area contributed by atoms with Crippen LogP contribution in [-0.4, -0.2) is 23.7 Å². The van der Waals surface area contributed by atoms with Crippen LogP contribution >= 0.6 is 0 Å². The summed E-state index contributed by atoms with van der Waals surface area (Å²) in [5.41, 5.74) is 1.45. The van der Waals surface area contributed by atoms with Crippen LogP contribution in [-0.2, 0) is 4.79 Å². The molecule has 1 aromatic rings. The van der Waals surface area contributed by atoms with Crippen LogP contribution in [0.15, 0.2) is 24.3 Å². The zero-order valence-electron chi connectivity index (χ0n) is 11.1. The van der Waals surface area contributed by atoms with Gasteiger partial charge in [0, 0.05) is 12.7 Å². The minimum Gasteiger partial charge on any atom is -0.479 e. The quantitative estimate of drug-likeness (QED) is 0.891. The second-order valence-corrected chi connectivity index (χ2v) is 5.30. The van der Waals surface area contributed by atoms with Crippen LogP contribution < -0.4 is 4.90 Å². The Kier molecular flexibility index (Phi) is 3.60. The summed E-state index contributed by atoms with van der Waals surface area (Å²) >= 11 is 0. The molecule has 0 amide bonds. The van der Waals surface area contributed by atoms with Gasteiger partial charge in [-0.15, -0.1) is 0 Å². The van der Waals surface area contributed by atoms with E-state index in [1.807, 2.05) is 37.1 Å². The largest absolute Gasteiger partial charge is 0.479 e. The van der Waals surface area contributed by atoms with Crippen molar-refractivity contribution in [3.05, 3.63) is 29.8 Å². The molecule has 0 heterocycles. The maximum absolute atomic E-state index is 11.7. The average molecular weight is 247 g/mol. The van der Waals surface area contributed by atoms with E-state index in [0.717, 1.165) is 43.4 Å². The number of rotatable bonds is 3. The molecule has 3 heteroatoms. The summed E-state index contributed by atoms with van der Waals surface area (Å²) in [7, 11) is 1.91. The molecule has 0 atom stereocenters. The lowest BCUT2D eigenvalue weighted by atomic mass is 9.80. The van der Waals surface area contributed by atoms with Crippen LogP contribution in [0.5, 0.6) is 0 Å². The first-order valence-corrected chi connectivity index (χ1v) is 6.60. The van der Waals surface area contributed by atoms with E-state index in [9.17, 15) is 9.90 Å². The predicted molar refractivity (Wildman–Crippen MR) is 73.0 cm³/mol. The van der Waals surface area contributed by atoms with Gasteiger partial charge in [-0.3, -0.25) is 0 Å². The van der Waals surface area contributed by atoms with Crippen LogP contribution in [0.25, 0.3) is 0 Å². The van der Waals surface area contributed by atoms with Gasteiger partial charge in [0.15, 0.2) is 0 Å². The summed E-state index contributed by atoms with van der Waals surface area (Å²) in [5.74, 6) is -0.689. The Hall–Kier alpha value is -1.51. The Morgan fingerprint density at radius 2 is 1.94 bits per heavy atom. The van der Waals surface area contributed by atoms with E-state index in [-0.39, 0.29) is 0 Å². The number of carbonyl (C=O) groups is 1. The first-order valence-electron chi connectivity index (χ1n) is 6.60. The molecule has 0 spiro atoms. The first-order chi connectivity index (χ1) is 8.56. The van der Waals surface area contributed by atoms with Crippen molar-refractivity contribution in [3.63, 3.8) is 0 Å². The molecule has 2 rings (SSSR count). The molecule has 3 nitrogen and oxygen atoms in total. The molecule has 0 bridgehead atoms. The number of carboxylic acids is 1. The highest BCUT2D eigenvalue weighted by molar-refractivity contribution is 5.83. The van der Waals surface area contributed by atoms with Crippen molar-refractivity contribution >= 4 is 11.7 Å². The van der Waals surface area contributed by atoms with E-state index in [0.29, 0.717) is 0 Å². The molecule has 1 fully saturated rings. The summed E-state index contributed by atoms with van der Waals surface area (Å²) < 4.78 is 0. The zero-order chi connectivity index (χ0) is 13.2. The fraction of sp³-hybridized carbons (Fsp3) is 0.533. The van der Waals surface area contributed by atoms with Crippen molar-refractivity contribution in [2.75, 3.05) is 11.9 Å². The van der Waals surface area contributed by atoms with Crippen molar-refractivity contribution in [1.29, 1.82) is 0 Å². The molecule has 1 aliphatic rings. The Labute approximate surface area is 108 Å². The topological polar surface area (TPSA) is 40.5 Å². The molecule has 1 aliphatic carbocycles. The molecule has 0 aromatic heterocycles. The average Bonchev–Trinajstić information content (AvgIpc) is 2.38. The summed E-state index contributed by atoms with van der Waals surface area (Å²) in [6, 6.07) is 8.07. The second-order valence-electron chi connectivity index (χ2n) is 5.30. The van der Waals surface area contributed by atoms with Crippen molar-refractivity contribution in [3.8, 4) is 0 Å². The van der Waals surface area contributed by atoms with Gasteiger partial charge in [0.05, 0.1) is 0 Å². The molecular weight excluding hydrogens is 226 g/mol. The van der Waals surface area contributed by atoms with Crippen LogP contribution in [0.1, 0.15) is 37.7 Å². The fourth-order valence-corrected chi connectivity index (χ4v) is 2.91. The molecule has 18 heavy (non-hydrogen) atoms. The number of aliphatic carboxylic acids is 1. The van der Waals surface area contributed by atoms with E-state index in [1.165, 1.54) is 0 Å². The fourth-order valence-electron chi connectivity index (χ4n) is 2.91. The third kappa shape index (κ3) is 2.22. The minimum absolute atomic E-state index is 0.689. The molecule has 98 valence electrons. The van der Waals surface area contributed by atoms with E-state index in [4.69, 9.17) is 0 Å². The molecule has 1 N–H and O–H groups in total. The molecule has 0 unspecified atom stereocenters. The van der Waals surface area contributed by atoms with Gasteiger partial charge < -0.3 is 10.0 Å². The molecular formula is C15H21NO2. The lowest BCUT2D eigenvalue weighted by Crippen LogP contribution is -2.54. The van der Waals surface area contributed by atoms with Gasteiger partial charge in [0.25, 0.3) is 0 Å². The normalized spacial score (nSPS) is 18.3. The maximum atomic E-state index is 11.7. The van der Waals surface area contributed by atoms with Gasteiger partial charge >= 0.3 is 5.97 Å². The number of aryl methyl sites for hydroxylation is 1. The van der Waals surface area contributed by atoms with E-state index in [1.54, 1.807) is 0 Å². The molecule has 0 radical (unpaired) electrons. The Morgan fingerprint density at radius 3 is 2.50 bits per heavy atom. The SMILES string of the molecule is Cc1cccc(N(C)C2(C(=O)O)CCCCC2)c1. The number of nitrogens with zero attached hydrogens (tertiary/aromatic N) is 1. The summed E-state index contributed by atoms with van der Waals surface area (Å²) in [4.78, 5) is 13.7. The van der Waals surface area contributed by atoms with Crippen molar-refractivity contribution in [2.24, 2.45) is 0 Å². The molecule has 1 aromatic carbocycles. The maximum Gasteiger partial charge on any atom is 0.329 e. The highest BCUT2D eigenvalue weighted by Gasteiger charge is 2.43. The smallest absolute Gasteiger partial charge is 0.329 e. The van der Waals surface area contributed by atoms with Crippen molar-refractivity contribution < 1.29 is 9.90 Å². The highest BCUT2D eigenvalue weighted by Crippen LogP contribution is 2.36. The molecule has 0 saturated heterocycles. The van der Waals surface area contributed by atoms with Gasteiger partial charge in [-0.1, -0.05) is 31.4 Å². The third-order valence-corrected chi connectivity index (χ3v) is 4.11. The van der Waals surface area contributed by atoms with Crippen LogP contribution in [0, 0.1) is 6.92 Å². The van der Waals surface area contributed by atoms with Crippen molar-refractivity contribution in [1.82, 2.24) is 0 Å². The van der Waals surface area contributed by atoms with Gasteiger partial charge in [-0.25, -0.2) is 4.79 Å². The van der Waals surface area contributed by atoms with Gasteiger partial charge in [0.1, 0.15) is 5.54 Å². The van der Waals surface area contributed by atoms with Gasteiger partial charge in [0.2, 0.25) is 0 Å². The Bertz CT molecular complexity index is 436. The Balaban J connectivity index is 2.34. The monoisotopic (exact) mass is 247 g/mol. The number of anilines is 1. The summed E-state index contributed by atoms with van der Waals surface area (Å²) in [6.45, 7) is 2.03. The Morgan fingerprint density at radius 1 is 1.28 bits per heavy atom. The number of likely N-dealkylation sites (N-methyl/N-ethyl adjacent to an activating group) is 1. The van der Waals surface area contributed by atoms with Gasteiger partial charge in [-0.2, -0.15) is 0 Å². The van der Waals surface area contributed by atoms with E-state index < -0.39 is 11.5 Å². The first kappa shape index (κ1) is 12.9. The standard InChI is InChI=1S/C15H21NO2/c1-12-7-6-8-13(11-12)16(2)15(14(17)18)9-4-3-5-10-15/h6-8,11H,3-5,9-10H2,1-2H3,(H,17,18). The number of hydrogen-bond donors (Lipinski definition) is 1. The zero-order valence-corrected chi connectivity index (χ0v) is 11.1. The highest BCUT2D eigenvalue weighted by atomic mass is 16.4. The molecule has 0 aliphatic heterocycles. The van der Waals surface area contributed by atoms with E-state index in [2.05, 4.69) is 6.07 Å². The van der Waals surface area contributed by atoms with Crippen LogP contribution in [0.3, 0.4) is 0 Å². The third-order valence-electron chi connectivity index (χ3n) is 4.11. The molecule has 1 saturated carbocycles. The lowest BCUT2D eigenvalue weighted by Gasteiger charge is -2.42. The summed E-state index contributed by atoms with van der Waals surface area (Å²) in [6.07, 6.45) is 4.64. The van der Waals surface area contributed by atoms with Crippen LogP contribution in [0.2, 0.25) is 0 Å². The summed E-state index contributed by atoms with van der Waals surface area (Å²) in [5, 5.41) is 9.65. The predicted octanol–water partition coefficient (Wildman–Crippen LogP) is 3.22. The van der Waals surface area contributed by atoms with Gasteiger partial charge in [-0.05, 0) is 37.5 Å². The number of benzene rings is 1. The second kappa shape index (κ2) is 5.01. The van der Waals surface area contributed by atoms with Crippen molar-refractivity contribution in [2.45, 2.75) is 44.6 Å². The number of carboxylic acid groups (broad SMARTS) is 1. The number of hydrogen-bond acceptors (Lipinski definition) is 2. The van der Waals surface area contributed by atoms with Crippen LogP contribution in [0.4, 0.5) is 5.69 Å². The minimum atomic E-state index is -0.716.